The van der Waals surface area contributed by atoms with E-state index in [1.807, 2.05) is 17.5 Å². The predicted molar refractivity (Wildman–Crippen MR) is 106 cm³/mol. The van der Waals surface area contributed by atoms with Crippen LogP contribution in [-0.2, 0) is 25.5 Å². The molecule has 4 N–H and O–H groups in total. The highest BCUT2D eigenvalue weighted by molar-refractivity contribution is 8.05. The number of rotatable bonds is 7. The minimum absolute atomic E-state index is 0.143. The maximum Gasteiger partial charge on any atom is 0.404 e. The van der Waals surface area contributed by atoms with Crippen LogP contribution in [0.5, 0.6) is 0 Å². The fourth-order valence-electron chi connectivity index (χ4n) is 3.04. The maximum absolute atomic E-state index is 12.9. The first-order chi connectivity index (χ1) is 13.3. The number of amides is 3. The number of hydrogen-bond acceptors (Lipinski definition) is 8. The largest absolute Gasteiger partial charge is 0.477 e. The summed E-state index contributed by atoms with van der Waals surface area (Å²) in [5, 5.41) is 13.7. The van der Waals surface area contributed by atoms with E-state index in [4.69, 9.17) is 10.5 Å². The van der Waals surface area contributed by atoms with Gasteiger partial charge in [-0.2, -0.15) is 0 Å². The lowest BCUT2D eigenvalue weighted by Gasteiger charge is -2.56. The molecule has 1 unspecified atom stereocenters. The lowest BCUT2D eigenvalue weighted by molar-refractivity contribution is -0.152. The highest BCUT2D eigenvalue weighted by Crippen LogP contribution is 2.50. The van der Waals surface area contributed by atoms with E-state index < -0.39 is 28.2 Å². The number of primary amides is 1. The van der Waals surface area contributed by atoms with Gasteiger partial charge in [-0.1, -0.05) is 6.07 Å². The highest BCUT2D eigenvalue weighted by Gasteiger charge is 2.65. The van der Waals surface area contributed by atoms with Gasteiger partial charge in [0.1, 0.15) is 17.7 Å². The Hall–Kier alpha value is -2.18. The number of nitrogens with zero attached hydrogens (tertiary/aromatic N) is 1. The molecule has 12 heteroatoms. The molecule has 0 radical (unpaired) electrons. The Kier molecular flexibility index (Phi) is 5.91. The Morgan fingerprint density at radius 1 is 1.50 bits per heavy atom. The second-order valence-electron chi connectivity index (χ2n) is 5.95. The molecule has 0 saturated carbocycles. The number of carboxylic acid groups (broad SMARTS) is 1. The number of nitrogens with two attached hydrogens (primary N) is 1. The Balaban J connectivity index is 1.81. The zero-order chi connectivity index (χ0) is 20.5. The van der Waals surface area contributed by atoms with Crippen LogP contribution in [-0.4, -0.2) is 62.7 Å². The molecule has 0 aromatic carbocycles. The van der Waals surface area contributed by atoms with Crippen LogP contribution < -0.4 is 11.1 Å². The molecule has 1 aromatic rings. The van der Waals surface area contributed by atoms with Gasteiger partial charge in [0.05, 0.1) is 6.42 Å². The van der Waals surface area contributed by atoms with E-state index in [1.54, 1.807) is 6.26 Å². The molecular formula is C16H17N3O6S3. The summed E-state index contributed by atoms with van der Waals surface area (Å²) >= 11 is 3.90. The van der Waals surface area contributed by atoms with Crippen LogP contribution in [0.3, 0.4) is 0 Å². The Labute approximate surface area is 172 Å². The van der Waals surface area contributed by atoms with Crippen molar-refractivity contribution in [3.8, 4) is 0 Å². The first-order valence-corrected chi connectivity index (χ1v) is 11.2. The topological polar surface area (TPSA) is 139 Å². The van der Waals surface area contributed by atoms with Gasteiger partial charge in [-0.25, -0.2) is 9.59 Å². The molecular weight excluding hydrogens is 426 g/mol. The van der Waals surface area contributed by atoms with Gasteiger partial charge in [0.2, 0.25) is 5.91 Å². The van der Waals surface area contributed by atoms with Crippen molar-refractivity contribution in [3.63, 3.8) is 0 Å². The van der Waals surface area contributed by atoms with Crippen molar-refractivity contribution in [1.82, 2.24) is 10.2 Å². The lowest BCUT2D eigenvalue weighted by Crippen LogP contribution is -2.78. The number of hydrogen-bond donors (Lipinski definition) is 3. The summed E-state index contributed by atoms with van der Waals surface area (Å²) in [4.78, 5) is 48.7. The molecule has 3 rings (SSSR count). The number of β-lactam (4-membered cyclic amide) rings is 1. The third kappa shape index (κ3) is 3.59. The molecule has 150 valence electrons. The minimum atomic E-state index is -1.30. The number of fused-ring (bicyclic) bond motifs is 1. The smallest absolute Gasteiger partial charge is 0.404 e. The summed E-state index contributed by atoms with van der Waals surface area (Å²) < 4.78 is 4.70. The van der Waals surface area contributed by atoms with Gasteiger partial charge in [-0.3, -0.25) is 14.5 Å². The minimum Gasteiger partial charge on any atom is -0.477 e. The molecule has 1 fully saturated rings. The Morgan fingerprint density at radius 2 is 2.25 bits per heavy atom. The standard InChI is InChI=1S/C16H17N3O6S3/c1-26-16(18-10(20)5-9-3-2-4-27-9)13(23)19-11(12(21)22)8(6-25-15(17)24)7-28-14(16)19/h2-4,14H,5-7H2,1H3,(H2,17,24)(H,18,20)(H,21,22)/t14-,16?/m1/s1. The average molecular weight is 444 g/mol. The van der Waals surface area contributed by atoms with Gasteiger partial charge >= 0.3 is 12.1 Å². The summed E-state index contributed by atoms with van der Waals surface area (Å²) in [7, 11) is 0. The number of ether oxygens (including phenoxy) is 1. The normalized spacial score (nSPS) is 23.7. The van der Waals surface area contributed by atoms with Crippen molar-refractivity contribution >= 4 is 58.7 Å². The molecule has 1 saturated heterocycles. The quantitative estimate of drug-likeness (QED) is 0.416. The van der Waals surface area contributed by atoms with Crippen molar-refractivity contribution in [2.45, 2.75) is 16.7 Å². The van der Waals surface area contributed by atoms with Crippen LogP contribution >= 0.6 is 34.9 Å². The number of carboxylic acids is 1. The van der Waals surface area contributed by atoms with Crippen LogP contribution in [0.2, 0.25) is 0 Å². The number of thioether (sulfide) groups is 2. The van der Waals surface area contributed by atoms with Gasteiger partial charge < -0.3 is 20.9 Å². The molecule has 2 atom stereocenters. The van der Waals surface area contributed by atoms with Gasteiger partial charge in [0, 0.05) is 16.2 Å². The van der Waals surface area contributed by atoms with Crippen LogP contribution in [0.15, 0.2) is 28.8 Å². The van der Waals surface area contributed by atoms with E-state index in [0.29, 0.717) is 0 Å². The average Bonchev–Trinajstić information content (AvgIpc) is 3.15. The number of carbonyl (C=O) groups is 4. The lowest BCUT2D eigenvalue weighted by atomic mass is 10.0. The van der Waals surface area contributed by atoms with E-state index in [0.717, 1.165) is 9.78 Å². The molecule has 0 bridgehead atoms. The molecule has 3 amide bonds. The highest BCUT2D eigenvalue weighted by atomic mass is 32.2. The van der Waals surface area contributed by atoms with Crippen LogP contribution in [0.4, 0.5) is 4.79 Å². The van der Waals surface area contributed by atoms with E-state index in [9.17, 15) is 24.3 Å². The molecule has 28 heavy (non-hydrogen) atoms. The monoisotopic (exact) mass is 443 g/mol. The Bertz CT molecular complexity index is 856. The first kappa shape index (κ1) is 20.6. The molecule has 3 heterocycles. The molecule has 2 aliphatic heterocycles. The van der Waals surface area contributed by atoms with Crippen molar-refractivity contribution < 1.29 is 29.0 Å². The fraction of sp³-hybridized carbons (Fsp3) is 0.375. The summed E-state index contributed by atoms with van der Waals surface area (Å²) in [6.07, 6.45) is 0.805. The summed E-state index contributed by atoms with van der Waals surface area (Å²) in [5.74, 6) is -1.91. The van der Waals surface area contributed by atoms with E-state index in [1.165, 1.54) is 34.9 Å². The second kappa shape index (κ2) is 8.05. The Morgan fingerprint density at radius 3 is 2.82 bits per heavy atom. The predicted octanol–water partition coefficient (Wildman–Crippen LogP) is 0.815. The zero-order valence-corrected chi connectivity index (χ0v) is 17.1. The molecule has 1 aromatic heterocycles. The third-order valence-electron chi connectivity index (χ3n) is 4.26. The maximum atomic E-state index is 12.9. The molecule has 0 spiro atoms. The number of nitrogens with one attached hydrogen (secondary N) is 1. The number of carbonyl (C=O) groups excluding carboxylic acids is 3. The molecule has 9 nitrogen and oxygen atoms in total. The van der Waals surface area contributed by atoms with Gasteiger partial charge in [0.25, 0.3) is 5.91 Å². The summed E-state index contributed by atoms with van der Waals surface area (Å²) in [6, 6.07) is 3.67. The number of thiophene rings is 1. The van der Waals surface area contributed by atoms with Crippen LogP contribution in [0.1, 0.15) is 4.88 Å². The van der Waals surface area contributed by atoms with Crippen LogP contribution in [0.25, 0.3) is 0 Å². The van der Waals surface area contributed by atoms with Gasteiger partial charge in [-0.05, 0) is 17.7 Å². The van der Waals surface area contributed by atoms with Crippen molar-refractivity contribution in [2.24, 2.45) is 5.73 Å². The summed E-state index contributed by atoms with van der Waals surface area (Å²) in [6.45, 7) is -0.308. The fourth-order valence-corrected chi connectivity index (χ4v) is 6.35. The molecule has 0 aliphatic carbocycles. The second-order valence-corrected chi connectivity index (χ2v) is 9.10. The van der Waals surface area contributed by atoms with Gasteiger partial charge in [0.15, 0.2) is 4.87 Å². The van der Waals surface area contributed by atoms with Gasteiger partial charge in [-0.15, -0.1) is 34.9 Å². The van der Waals surface area contributed by atoms with E-state index in [2.05, 4.69) is 5.32 Å². The van der Waals surface area contributed by atoms with Crippen LogP contribution in [0, 0.1) is 0 Å². The van der Waals surface area contributed by atoms with Crippen molar-refractivity contribution in [1.29, 1.82) is 0 Å². The van der Waals surface area contributed by atoms with Crippen molar-refractivity contribution in [2.75, 3.05) is 18.6 Å². The van der Waals surface area contributed by atoms with E-state index >= 15 is 0 Å². The zero-order valence-electron chi connectivity index (χ0n) is 14.7. The van der Waals surface area contributed by atoms with E-state index in [-0.39, 0.29) is 36.0 Å². The summed E-state index contributed by atoms with van der Waals surface area (Å²) in [5.41, 5.74) is 4.99. The molecule has 2 aliphatic rings. The third-order valence-corrected chi connectivity index (χ3v) is 7.83. The van der Waals surface area contributed by atoms with Crippen molar-refractivity contribution in [3.05, 3.63) is 33.7 Å². The first-order valence-electron chi connectivity index (χ1n) is 8.01. The SMILES string of the molecule is CSC1(NC(=O)Cc2cccs2)C(=O)N2C(C(=O)O)=C(COC(N)=O)CS[C@@H]21. The number of aliphatic carboxylic acids is 1.